The Bertz CT molecular complexity index is 609. The van der Waals surface area contributed by atoms with Crippen LogP contribution in [-0.4, -0.2) is 66.5 Å². The maximum Gasteiger partial charge on any atom is 0.255 e. The standard InChI is InChI=1S/C21H32N2O4/c1-16(2)25-12-13-26-19-6-11-27-21(14-19)7-9-23(10-8-21)20(24)18-5-4-17(3)22-15-18/h4-5,15-16,19H,6-14H2,1-3H3. The van der Waals surface area contributed by atoms with Crippen LogP contribution in [0.2, 0.25) is 0 Å². The fraction of sp³-hybridized carbons (Fsp3) is 0.714. The van der Waals surface area contributed by atoms with Crippen molar-refractivity contribution in [3.05, 3.63) is 29.6 Å². The third kappa shape index (κ3) is 5.50. The van der Waals surface area contributed by atoms with Crippen LogP contribution in [0.4, 0.5) is 0 Å². The molecule has 0 bridgehead atoms. The average Bonchev–Trinajstić information content (AvgIpc) is 2.66. The van der Waals surface area contributed by atoms with Gasteiger partial charge in [0, 0.05) is 38.0 Å². The Morgan fingerprint density at radius 3 is 2.78 bits per heavy atom. The number of likely N-dealkylation sites (tertiary alicyclic amines) is 1. The highest BCUT2D eigenvalue weighted by Crippen LogP contribution is 2.36. The molecule has 2 aliphatic heterocycles. The van der Waals surface area contributed by atoms with Crippen molar-refractivity contribution in [3.63, 3.8) is 0 Å². The minimum Gasteiger partial charge on any atom is -0.376 e. The first-order chi connectivity index (χ1) is 13.0. The van der Waals surface area contributed by atoms with Crippen LogP contribution < -0.4 is 0 Å². The Kier molecular flexibility index (Phi) is 6.84. The fourth-order valence-electron chi connectivity index (χ4n) is 3.87. The number of ether oxygens (including phenoxy) is 3. The lowest BCUT2D eigenvalue weighted by atomic mass is 9.83. The van der Waals surface area contributed by atoms with E-state index in [1.54, 1.807) is 6.20 Å². The van der Waals surface area contributed by atoms with Crippen molar-refractivity contribution >= 4 is 5.91 Å². The molecule has 6 nitrogen and oxygen atoms in total. The summed E-state index contributed by atoms with van der Waals surface area (Å²) < 4.78 is 17.7. The van der Waals surface area contributed by atoms with E-state index in [0.29, 0.717) is 18.8 Å². The number of rotatable bonds is 6. The van der Waals surface area contributed by atoms with E-state index in [2.05, 4.69) is 4.98 Å². The lowest BCUT2D eigenvalue weighted by Gasteiger charge is -2.46. The van der Waals surface area contributed by atoms with Gasteiger partial charge in [0.25, 0.3) is 5.91 Å². The highest BCUT2D eigenvalue weighted by Gasteiger charge is 2.41. The molecule has 2 saturated heterocycles. The largest absolute Gasteiger partial charge is 0.376 e. The molecule has 0 aliphatic carbocycles. The highest BCUT2D eigenvalue weighted by atomic mass is 16.5. The van der Waals surface area contributed by atoms with Gasteiger partial charge < -0.3 is 19.1 Å². The van der Waals surface area contributed by atoms with E-state index in [9.17, 15) is 4.79 Å². The van der Waals surface area contributed by atoms with E-state index in [0.717, 1.165) is 51.1 Å². The number of hydrogen-bond donors (Lipinski definition) is 0. The van der Waals surface area contributed by atoms with E-state index in [4.69, 9.17) is 14.2 Å². The third-order valence-corrected chi connectivity index (χ3v) is 5.46. The molecule has 1 spiro atoms. The molecule has 150 valence electrons. The van der Waals surface area contributed by atoms with Crippen LogP contribution in [0.25, 0.3) is 0 Å². The van der Waals surface area contributed by atoms with Gasteiger partial charge in [-0.15, -0.1) is 0 Å². The number of piperidine rings is 1. The summed E-state index contributed by atoms with van der Waals surface area (Å²) in [5.41, 5.74) is 1.43. The average molecular weight is 376 g/mol. The molecule has 6 heteroatoms. The smallest absolute Gasteiger partial charge is 0.255 e. The number of amides is 1. The summed E-state index contributed by atoms with van der Waals surface area (Å²) in [4.78, 5) is 18.8. The molecule has 0 radical (unpaired) electrons. The molecule has 1 aromatic rings. The van der Waals surface area contributed by atoms with Crippen molar-refractivity contribution in [2.24, 2.45) is 0 Å². The van der Waals surface area contributed by atoms with E-state index in [-0.39, 0.29) is 23.7 Å². The molecule has 3 rings (SSSR count). The van der Waals surface area contributed by atoms with Gasteiger partial charge >= 0.3 is 0 Å². The van der Waals surface area contributed by atoms with Crippen molar-refractivity contribution in [1.29, 1.82) is 0 Å². The van der Waals surface area contributed by atoms with Crippen LogP contribution in [0.3, 0.4) is 0 Å². The van der Waals surface area contributed by atoms with Gasteiger partial charge in [-0.1, -0.05) is 0 Å². The molecule has 0 N–H and O–H groups in total. The molecule has 1 amide bonds. The number of pyridine rings is 1. The lowest BCUT2D eigenvalue weighted by Crippen LogP contribution is -2.52. The van der Waals surface area contributed by atoms with Gasteiger partial charge in [-0.25, -0.2) is 0 Å². The second-order valence-electron chi connectivity index (χ2n) is 7.92. The van der Waals surface area contributed by atoms with Gasteiger partial charge in [0.1, 0.15) is 0 Å². The number of carbonyl (C=O) groups excluding carboxylic acids is 1. The van der Waals surface area contributed by atoms with E-state index < -0.39 is 0 Å². The third-order valence-electron chi connectivity index (χ3n) is 5.46. The first-order valence-corrected chi connectivity index (χ1v) is 10.1. The van der Waals surface area contributed by atoms with Crippen molar-refractivity contribution in [2.75, 3.05) is 32.9 Å². The fourth-order valence-corrected chi connectivity index (χ4v) is 3.87. The minimum atomic E-state index is -0.149. The summed E-state index contributed by atoms with van der Waals surface area (Å²) in [6.45, 7) is 9.42. The van der Waals surface area contributed by atoms with Crippen molar-refractivity contribution in [3.8, 4) is 0 Å². The van der Waals surface area contributed by atoms with Crippen molar-refractivity contribution < 1.29 is 19.0 Å². The second-order valence-corrected chi connectivity index (χ2v) is 7.92. The molecular formula is C21H32N2O4. The zero-order chi connectivity index (χ0) is 19.3. The van der Waals surface area contributed by atoms with E-state index >= 15 is 0 Å². The summed E-state index contributed by atoms with van der Waals surface area (Å²) >= 11 is 0. The Morgan fingerprint density at radius 2 is 2.11 bits per heavy atom. The normalized spacial score (nSPS) is 22.4. The van der Waals surface area contributed by atoms with Crippen molar-refractivity contribution in [1.82, 2.24) is 9.88 Å². The quantitative estimate of drug-likeness (QED) is 0.715. The molecule has 1 aromatic heterocycles. The second kappa shape index (κ2) is 9.13. The maximum absolute atomic E-state index is 12.7. The molecule has 2 fully saturated rings. The van der Waals surface area contributed by atoms with E-state index in [1.165, 1.54) is 0 Å². The number of aromatic nitrogens is 1. The highest BCUT2D eigenvalue weighted by molar-refractivity contribution is 5.94. The Labute approximate surface area is 162 Å². The molecule has 0 saturated carbocycles. The zero-order valence-corrected chi connectivity index (χ0v) is 16.8. The first-order valence-electron chi connectivity index (χ1n) is 10.1. The minimum absolute atomic E-state index is 0.0618. The summed E-state index contributed by atoms with van der Waals surface area (Å²) in [5.74, 6) is 0.0618. The molecule has 1 unspecified atom stereocenters. The predicted molar refractivity (Wildman–Crippen MR) is 103 cm³/mol. The summed E-state index contributed by atoms with van der Waals surface area (Å²) in [5, 5.41) is 0. The van der Waals surface area contributed by atoms with Gasteiger partial charge in [-0.05, 0) is 52.2 Å². The van der Waals surface area contributed by atoms with Gasteiger partial charge in [-0.3, -0.25) is 9.78 Å². The Hall–Kier alpha value is -1.50. The van der Waals surface area contributed by atoms with Crippen LogP contribution in [0.1, 0.15) is 55.6 Å². The maximum atomic E-state index is 12.7. The SMILES string of the molecule is Cc1ccc(C(=O)N2CCC3(CC2)CC(OCCOC(C)C)CCO3)cn1. The van der Waals surface area contributed by atoms with Gasteiger partial charge in [-0.2, -0.15) is 0 Å². The summed E-state index contributed by atoms with van der Waals surface area (Å²) in [6.07, 6.45) is 5.69. The van der Waals surface area contributed by atoms with Gasteiger partial charge in [0.2, 0.25) is 0 Å². The van der Waals surface area contributed by atoms with Crippen LogP contribution in [0.15, 0.2) is 18.3 Å². The number of nitrogens with zero attached hydrogens (tertiary/aromatic N) is 2. The molecular weight excluding hydrogens is 344 g/mol. The van der Waals surface area contributed by atoms with E-state index in [1.807, 2.05) is 37.8 Å². The van der Waals surface area contributed by atoms with Crippen LogP contribution >= 0.6 is 0 Å². The number of hydrogen-bond acceptors (Lipinski definition) is 5. The topological polar surface area (TPSA) is 60.9 Å². The van der Waals surface area contributed by atoms with Gasteiger partial charge in [0.05, 0.1) is 36.6 Å². The molecule has 0 aromatic carbocycles. The predicted octanol–water partition coefficient (Wildman–Crippen LogP) is 2.99. The van der Waals surface area contributed by atoms with Crippen molar-refractivity contribution in [2.45, 2.75) is 64.3 Å². The summed E-state index contributed by atoms with van der Waals surface area (Å²) in [6, 6.07) is 3.74. The first kappa shape index (κ1) is 20.2. The Morgan fingerprint density at radius 1 is 1.33 bits per heavy atom. The van der Waals surface area contributed by atoms with Gasteiger partial charge in [0.15, 0.2) is 0 Å². The monoisotopic (exact) mass is 376 g/mol. The van der Waals surface area contributed by atoms with Crippen LogP contribution in [-0.2, 0) is 14.2 Å². The molecule has 3 heterocycles. The summed E-state index contributed by atoms with van der Waals surface area (Å²) in [7, 11) is 0. The lowest BCUT2D eigenvalue weighted by molar-refractivity contribution is -0.156. The van der Waals surface area contributed by atoms with Crippen LogP contribution in [0.5, 0.6) is 0 Å². The zero-order valence-electron chi connectivity index (χ0n) is 16.8. The molecule has 27 heavy (non-hydrogen) atoms. The molecule has 2 aliphatic rings. The Balaban J connectivity index is 1.48. The van der Waals surface area contributed by atoms with Crippen LogP contribution in [0, 0.1) is 6.92 Å². The number of carbonyl (C=O) groups is 1. The molecule has 1 atom stereocenters. The number of aryl methyl sites for hydroxylation is 1.